The lowest BCUT2D eigenvalue weighted by Gasteiger charge is -2.23. The lowest BCUT2D eigenvalue weighted by molar-refractivity contribution is 0.0612. The summed E-state index contributed by atoms with van der Waals surface area (Å²) in [6.45, 7) is 3.96. The molecule has 5 aromatic rings. The Bertz CT molecular complexity index is 2020. The average molecular weight is 650 g/mol. The van der Waals surface area contributed by atoms with E-state index >= 15 is 4.39 Å². The zero-order chi connectivity index (χ0) is 33.8. The largest absolute Gasteiger partial charge is 0.493 e. The van der Waals surface area contributed by atoms with E-state index in [1.54, 1.807) is 43.9 Å². The summed E-state index contributed by atoms with van der Waals surface area (Å²) >= 11 is 0. The summed E-state index contributed by atoms with van der Waals surface area (Å²) in [6.07, 6.45) is 8.04. The molecule has 4 heterocycles. The van der Waals surface area contributed by atoms with E-state index < -0.39 is 17.2 Å². The third kappa shape index (κ3) is 6.91. The molecule has 48 heavy (non-hydrogen) atoms. The van der Waals surface area contributed by atoms with Crippen molar-refractivity contribution in [2.45, 2.75) is 26.3 Å². The van der Waals surface area contributed by atoms with Gasteiger partial charge in [-0.05, 0) is 55.0 Å². The van der Waals surface area contributed by atoms with Crippen molar-refractivity contribution >= 4 is 17.4 Å². The molecule has 1 fully saturated rings. The van der Waals surface area contributed by atoms with Gasteiger partial charge in [-0.1, -0.05) is 35.9 Å². The Morgan fingerprint density at radius 1 is 0.938 bits per heavy atom. The summed E-state index contributed by atoms with van der Waals surface area (Å²) in [5.41, 5.74) is 9.58. The molecule has 3 aromatic heterocycles. The highest BCUT2D eigenvalue weighted by molar-refractivity contribution is 6.04. The van der Waals surface area contributed by atoms with Crippen molar-refractivity contribution in [3.8, 4) is 45.0 Å². The van der Waals surface area contributed by atoms with Crippen molar-refractivity contribution in [3.63, 3.8) is 0 Å². The molecule has 3 N–H and O–H groups in total. The van der Waals surface area contributed by atoms with Gasteiger partial charge in [0.2, 0.25) is 5.43 Å². The Hall–Kier alpha value is -5.55. The Kier molecular flexibility index (Phi) is 9.49. The maximum atomic E-state index is 15.6. The summed E-state index contributed by atoms with van der Waals surface area (Å²) in [5.74, 6) is 0.130. The number of benzene rings is 2. The van der Waals surface area contributed by atoms with Crippen LogP contribution in [0.1, 0.15) is 28.8 Å². The van der Waals surface area contributed by atoms with Crippen LogP contribution >= 0.6 is 0 Å². The number of anilines is 2. The van der Waals surface area contributed by atoms with E-state index in [0.717, 1.165) is 30.0 Å². The maximum absolute atomic E-state index is 15.6. The number of hydrogen-bond acceptors (Lipinski definition) is 8. The molecule has 1 saturated heterocycles. The van der Waals surface area contributed by atoms with E-state index in [4.69, 9.17) is 19.9 Å². The minimum Gasteiger partial charge on any atom is -0.493 e. The number of aromatic nitrogens is 3. The van der Waals surface area contributed by atoms with Crippen LogP contribution in [0.4, 0.5) is 15.9 Å². The van der Waals surface area contributed by atoms with Crippen molar-refractivity contribution < 1.29 is 23.4 Å². The van der Waals surface area contributed by atoms with Crippen molar-refractivity contribution in [1.29, 1.82) is 0 Å². The minimum absolute atomic E-state index is 0.0412. The summed E-state index contributed by atoms with van der Waals surface area (Å²) in [6, 6.07) is 15.8. The van der Waals surface area contributed by atoms with E-state index in [-0.39, 0.29) is 28.3 Å². The molecule has 0 bridgehead atoms. The van der Waals surface area contributed by atoms with E-state index in [0.29, 0.717) is 53.9 Å². The summed E-state index contributed by atoms with van der Waals surface area (Å²) in [5, 5.41) is 2.67. The number of ether oxygens (including phenoxy) is 3. The molecule has 0 spiro atoms. The van der Waals surface area contributed by atoms with Gasteiger partial charge in [-0.15, -0.1) is 0 Å². The number of aryl methyl sites for hydroxylation is 1. The van der Waals surface area contributed by atoms with Crippen LogP contribution in [0.3, 0.4) is 0 Å². The van der Waals surface area contributed by atoms with Gasteiger partial charge in [-0.3, -0.25) is 14.6 Å². The third-order valence-corrected chi connectivity index (χ3v) is 8.49. The number of rotatable bonds is 9. The first-order valence-electron chi connectivity index (χ1n) is 15.6. The summed E-state index contributed by atoms with van der Waals surface area (Å²) in [7, 11) is 3.09. The zero-order valence-electron chi connectivity index (χ0n) is 27.0. The van der Waals surface area contributed by atoms with Gasteiger partial charge in [-0.25, -0.2) is 9.37 Å². The Morgan fingerprint density at radius 3 is 2.38 bits per heavy atom. The van der Waals surface area contributed by atoms with Crippen LogP contribution in [-0.2, 0) is 11.3 Å². The van der Waals surface area contributed by atoms with E-state index in [2.05, 4.69) is 15.3 Å². The SMILES string of the molecule is COc1ccc(-c2cnc(N)c(-c3ncc(NC(=O)c4cn(CC5CCOCC5)cc(-c5ccc(C)cc5)c4=O)cc3F)c2)cc1OC. The van der Waals surface area contributed by atoms with Gasteiger partial charge in [0.1, 0.15) is 17.1 Å². The number of amides is 1. The second-order valence-corrected chi connectivity index (χ2v) is 11.8. The van der Waals surface area contributed by atoms with Crippen LogP contribution < -0.4 is 26.0 Å². The highest BCUT2D eigenvalue weighted by Gasteiger charge is 2.21. The molecule has 246 valence electrons. The molecule has 0 unspecified atom stereocenters. The fourth-order valence-corrected chi connectivity index (χ4v) is 5.81. The molecule has 6 rings (SSSR count). The number of nitrogens with zero attached hydrogens (tertiary/aromatic N) is 3. The number of nitrogen functional groups attached to an aromatic ring is 1. The number of methoxy groups -OCH3 is 2. The Balaban J connectivity index is 1.29. The van der Waals surface area contributed by atoms with Crippen molar-refractivity contribution in [2.24, 2.45) is 5.92 Å². The van der Waals surface area contributed by atoms with Gasteiger partial charge < -0.3 is 29.8 Å². The normalized spacial score (nSPS) is 13.2. The molecular weight excluding hydrogens is 613 g/mol. The van der Waals surface area contributed by atoms with Crippen LogP contribution in [-0.4, -0.2) is 47.9 Å². The molecule has 1 aliphatic heterocycles. The molecule has 10 nitrogen and oxygen atoms in total. The number of hydrogen-bond donors (Lipinski definition) is 2. The minimum atomic E-state index is -0.726. The molecule has 0 radical (unpaired) electrons. The predicted molar refractivity (Wildman–Crippen MR) is 183 cm³/mol. The first-order valence-corrected chi connectivity index (χ1v) is 15.6. The van der Waals surface area contributed by atoms with Crippen molar-refractivity contribution in [2.75, 3.05) is 38.5 Å². The summed E-state index contributed by atoms with van der Waals surface area (Å²) < 4.78 is 33.8. The van der Waals surface area contributed by atoms with Crippen LogP contribution in [0.15, 0.2) is 84.2 Å². The molecule has 1 amide bonds. The average Bonchev–Trinajstić information content (AvgIpc) is 3.10. The number of halogens is 1. The van der Waals surface area contributed by atoms with Gasteiger partial charge in [-0.2, -0.15) is 0 Å². The fourth-order valence-electron chi connectivity index (χ4n) is 5.81. The smallest absolute Gasteiger partial charge is 0.261 e. The van der Waals surface area contributed by atoms with Gasteiger partial charge in [0.15, 0.2) is 17.3 Å². The Labute approximate surface area is 277 Å². The Morgan fingerprint density at radius 2 is 1.67 bits per heavy atom. The fraction of sp³-hybridized carbons (Fsp3) is 0.243. The van der Waals surface area contributed by atoms with E-state index in [1.807, 2.05) is 41.8 Å². The molecule has 0 aliphatic carbocycles. The number of carbonyl (C=O) groups excluding carboxylic acids is 1. The second kappa shape index (κ2) is 14.1. The van der Waals surface area contributed by atoms with Crippen LogP contribution in [0, 0.1) is 18.7 Å². The lowest BCUT2D eigenvalue weighted by Crippen LogP contribution is -2.26. The highest BCUT2D eigenvalue weighted by atomic mass is 19.1. The molecular formula is C37H36FN5O5. The van der Waals surface area contributed by atoms with Gasteiger partial charge in [0.05, 0.1) is 26.1 Å². The molecule has 1 aliphatic rings. The number of carbonyl (C=O) groups is 1. The summed E-state index contributed by atoms with van der Waals surface area (Å²) in [4.78, 5) is 35.8. The van der Waals surface area contributed by atoms with E-state index in [1.165, 1.54) is 13.3 Å². The molecule has 0 atom stereocenters. The highest BCUT2D eigenvalue weighted by Crippen LogP contribution is 2.35. The topological polar surface area (TPSA) is 131 Å². The third-order valence-electron chi connectivity index (χ3n) is 8.49. The lowest BCUT2D eigenvalue weighted by atomic mass is 9.99. The van der Waals surface area contributed by atoms with Gasteiger partial charge in [0, 0.05) is 61.1 Å². The molecule has 0 saturated carbocycles. The van der Waals surface area contributed by atoms with Crippen molar-refractivity contribution in [1.82, 2.24) is 14.5 Å². The van der Waals surface area contributed by atoms with E-state index in [9.17, 15) is 9.59 Å². The quantitative estimate of drug-likeness (QED) is 0.189. The second-order valence-electron chi connectivity index (χ2n) is 11.8. The molecule has 2 aromatic carbocycles. The number of nitrogens with two attached hydrogens (primary N) is 1. The molecule has 11 heteroatoms. The van der Waals surface area contributed by atoms with Gasteiger partial charge in [0.25, 0.3) is 5.91 Å². The predicted octanol–water partition coefficient (Wildman–Crippen LogP) is 6.37. The zero-order valence-corrected chi connectivity index (χ0v) is 27.0. The van der Waals surface area contributed by atoms with Crippen LogP contribution in [0.25, 0.3) is 33.5 Å². The maximum Gasteiger partial charge on any atom is 0.261 e. The van der Waals surface area contributed by atoms with Crippen LogP contribution in [0.2, 0.25) is 0 Å². The standard InChI is InChI=1S/C37H36FN5O5/c1-22-4-6-24(7-5-22)29-20-43(19-23-10-12-48-13-11-23)21-30(35(29)44)37(45)42-27-16-31(38)34(40-18-27)28-14-26(17-41-36(28)39)25-8-9-32(46-2)33(15-25)47-3/h4-9,14-18,20-21,23H,10-13,19H2,1-3H3,(H2,39,41)(H,42,45). The first kappa shape index (κ1) is 32.4. The van der Waals surface area contributed by atoms with Gasteiger partial charge >= 0.3 is 0 Å². The number of nitrogens with one attached hydrogen (secondary N) is 1. The monoisotopic (exact) mass is 649 g/mol. The van der Waals surface area contributed by atoms with Crippen molar-refractivity contribution in [3.05, 3.63) is 107 Å². The number of pyridine rings is 3. The van der Waals surface area contributed by atoms with Crippen LogP contribution in [0.5, 0.6) is 11.5 Å². The first-order chi connectivity index (χ1) is 23.2.